The molecule has 0 aliphatic rings. The fourth-order valence-electron chi connectivity index (χ4n) is 2.75. The first-order valence-electron chi connectivity index (χ1n) is 10.3. The van der Waals surface area contributed by atoms with E-state index in [1.54, 1.807) is 0 Å². The van der Waals surface area contributed by atoms with Crippen molar-refractivity contribution >= 4 is 25.2 Å². The van der Waals surface area contributed by atoms with Crippen LogP contribution in [0.1, 0.15) is 72.1 Å². The van der Waals surface area contributed by atoms with E-state index in [4.69, 9.17) is 10.8 Å². The van der Waals surface area contributed by atoms with Gasteiger partial charge in [0.2, 0.25) is 19.2 Å². The Balaban J connectivity index is 4.57. The quantitative estimate of drug-likeness (QED) is 0.183. The fourth-order valence-corrected chi connectivity index (χ4v) is 4.02. The molecule has 0 radical (unpaired) electrons. The molecule has 0 bridgehead atoms. The molecule has 0 spiro atoms. The molecule has 0 aromatic heterocycles. The lowest BCUT2D eigenvalue weighted by Crippen LogP contribution is -2.48. The number of carbonyl (C=O) groups excluding carboxylic acids is 2. The van der Waals surface area contributed by atoms with Gasteiger partial charge in [0.1, 0.15) is 12.1 Å². The third-order valence-corrected chi connectivity index (χ3v) is 6.14. The van der Waals surface area contributed by atoms with Crippen LogP contribution in [0.5, 0.6) is 0 Å². The standard InChI is InChI=1S/C19H38N3O6P/c1-4-5-6-7-8-11-29(27,28)13-21-18(24)16(12-14(2)3)22-17(23)10-9-15(20)19(25)26/h14-16H,4-13,20H2,1-3H3,(H,21,24)(H,22,23)(H,25,26)(H,27,28)/t15?,16-/m0/s1. The van der Waals surface area contributed by atoms with E-state index in [2.05, 4.69) is 17.6 Å². The zero-order valence-corrected chi connectivity index (χ0v) is 18.7. The van der Waals surface area contributed by atoms with Crippen LogP contribution in [-0.2, 0) is 18.9 Å². The van der Waals surface area contributed by atoms with E-state index in [0.717, 1.165) is 25.7 Å². The number of aliphatic carboxylic acids is 1. The highest BCUT2D eigenvalue weighted by atomic mass is 31.2. The van der Waals surface area contributed by atoms with E-state index < -0.39 is 37.2 Å². The van der Waals surface area contributed by atoms with Crippen LogP contribution in [0, 0.1) is 5.92 Å². The largest absolute Gasteiger partial charge is 0.480 e. The first-order valence-corrected chi connectivity index (χ1v) is 12.4. The Morgan fingerprint density at radius 1 is 1.10 bits per heavy atom. The predicted octanol–water partition coefficient (Wildman–Crippen LogP) is 2.02. The maximum absolute atomic E-state index is 12.4. The van der Waals surface area contributed by atoms with Crippen molar-refractivity contribution in [2.24, 2.45) is 11.7 Å². The molecule has 0 fully saturated rings. The van der Waals surface area contributed by atoms with Gasteiger partial charge in [0.15, 0.2) is 0 Å². The summed E-state index contributed by atoms with van der Waals surface area (Å²) in [6, 6.07) is -2.00. The van der Waals surface area contributed by atoms with Crippen LogP contribution >= 0.6 is 7.37 Å². The molecule has 0 rings (SSSR count). The van der Waals surface area contributed by atoms with E-state index >= 15 is 0 Å². The molecule has 0 aromatic carbocycles. The molecule has 29 heavy (non-hydrogen) atoms. The molecule has 9 nitrogen and oxygen atoms in total. The van der Waals surface area contributed by atoms with Crippen molar-refractivity contribution in [3.05, 3.63) is 0 Å². The van der Waals surface area contributed by atoms with Gasteiger partial charge in [0, 0.05) is 12.6 Å². The maximum Gasteiger partial charge on any atom is 0.320 e. The highest BCUT2D eigenvalue weighted by molar-refractivity contribution is 7.57. The van der Waals surface area contributed by atoms with E-state index in [0.29, 0.717) is 12.8 Å². The minimum Gasteiger partial charge on any atom is -0.480 e. The van der Waals surface area contributed by atoms with Gasteiger partial charge in [-0.15, -0.1) is 0 Å². The van der Waals surface area contributed by atoms with Gasteiger partial charge < -0.3 is 26.4 Å². The van der Waals surface area contributed by atoms with Gasteiger partial charge in [-0.05, 0) is 25.2 Å². The molecule has 6 N–H and O–H groups in total. The molecule has 2 amide bonds. The highest BCUT2D eigenvalue weighted by Crippen LogP contribution is 2.40. The van der Waals surface area contributed by atoms with E-state index in [1.165, 1.54) is 0 Å². The summed E-state index contributed by atoms with van der Waals surface area (Å²) < 4.78 is 12.2. The third kappa shape index (κ3) is 14.2. The zero-order valence-electron chi connectivity index (χ0n) is 17.9. The van der Waals surface area contributed by atoms with Crippen LogP contribution in [0.15, 0.2) is 0 Å². The first kappa shape index (κ1) is 27.6. The Bertz CT molecular complexity index is 570. The average molecular weight is 436 g/mol. The minimum absolute atomic E-state index is 0.0406. The summed E-state index contributed by atoms with van der Waals surface area (Å²) in [5.41, 5.74) is 5.38. The molecule has 0 aliphatic heterocycles. The number of rotatable bonds is 16. The molecular formula is C19H38N3O6P. The molecule has 0 saturated heterocycles. The average Bonchev–Trinajstić information content (AvgIpc) is 2.63. The summed E-state index contributed by atoms with van der Waals surface area (Å²) in [7, 11) is -3.47. The summed E-state index contributed by atoms with van der Waals surface area (Å²) in [6.45, 7) is 5.87. The summed E-state index contributed by atoms with van der Waals surface area (Å²) in [4.78, 5) is 45.3. The Kier molecular flexibility index (Phi) is 13.8. The van der Waals surface area contributed by atoms with E-state index in [1.807, 2.05) is 13.8 Å². The normalized spacial score (nSPS) is 15.4. The van der Waals surface area contributed by atoms with Crippen LogP contribution in [0.4, 0.5) is 0 Å². The van der Waals surface area contributed by atoms with Crippen LogP contribution in [0.3, 0.4) is 0 Å². The van der Waals surface area contributed by atoms with Crippen LogP contribution in [0.25, 0.3) is 0 Å². The number of carboxylic acids is 1. The molecular weight excluding hydrogens is 397 g/mol. The molecule has 3 atom stereocenters. The van der Waals surface area contributed by atoms with Crippen LogP contribution in [-0.4, -0.2) is 52.3 Å². The Labute approximate surface area is 173 Å². The number of hydrogen-bond acceptors (Lipinski definition) is 5. The second kappa shape index (κ2) is 14.5. The van der Waals surface area contributed by atoms with Crippen LogP contribution in [0.2, 0.25) is 0 Å². The van der Waals surface area contributed by atoms with Gasteiger partial charge in [-0.3, -0.25) is 18.9 Å². The minimum atomic E-state index is -3.47. The summed E-state index contributed by atoms with van der Waals surface area (Å²) in [5.74, 6) is -2.09. The number of nitrogens with two attached hydrogens (primary N) is 1. The van der Waals surface area contributed by atoms with Gasteiger partial charge in [0.05, 0.1) is 6.29 Å². The molecule has 10 heteroatoms. The van der Waals surface area contributed by atoms with Gasteiger partial charge in [0.25, 0.3) is 0 Å². The highest BCUT2D eigenvalue weighted by Gasteiger charge is 2.25. The Morgan fingerprint density at radius 3 is 2.28 bits per heavy atom. The van der Waals surface area contributed by atoms with Crippen molar-refractivity contribution < 1.29 is 28.9 Å². The smallest absolute Gasteiger partial charge is 0.320 e. The lowest BCUT2D eigenvalue weighted by Gasteiger charge is -2.21. The van der Waals surface area contributed by atoms with Crippen molar-refractivity contribution in [1.82, 2.24) is 10.6 Å². The molecule has 2 unspecified atom stereocenters. The van der Waals surface area contributed by atoms with E-state index in [9.17, 15) is 23.8 Å². The Morgan fingerprint density at radius 2 is 1.72 bits per heavy atom. The van der Waals surface area contributed by atoms with Crippen molar-refractivity contribution in [1.29, 1.82) is 0 Å². The van der Waals surface area contributed by atoms with E-state index in [-0.39, 0.29) is 31.2 Å². The molecule has 170 valence electrons. The first-order chi connectivity index (χ1) is 13.5. The van der Waals surface area contributed by atoms with Crippen molar-refractivity contribution in [3.8, 4) is 0 Å². The number of unbranched alkanes of at least 4 members (excludes halogenated alkanes) is 4. The topological polar surface area (TPSA) is 159 Å². The molecule has 0 aliphatic carbocycles. The monoisotopic (exact) mass is 435 g/mol. The summed E-state index contributed by atoms with van der Waals surface area (Å²) in [6.07, 6.45) is 4.77. The van der Waals surface area contributed by atoms with Crippen LogP contribution < -0.4 is 16.4 Å². The predicted molar refractivity (Wildman–Crippen MR) is 113 cm³/mol. The molecule has 0 saturated carbocycles. The molecule has 0 aromatic rings. The number of hydrogen-bond donors (Lipinski definition) is 5. The second-order valence-electron chi connectivity index (χ2n) is 7.92. The zero-order chi connectivity index (χ0) is 22.4. The van der Waals surface area contributed by atoms with Crippen molar-refractivity contribution in [2.75, 3.05) is 12.4 Å². The molecule has 0 heterocycles. The van der Waals surface area contributed by atoms with Crippen molar-refractivity contribution in [2.45, 2.75) is 84.2 Å². The summed E-state index contributed by atoms with van der Waals surface area (Å²) in [5, 5.41) is 13.8. The lowest BCUT2D eigenvalue weighted by atomic mass is 10.0. The summed E-state index contributed by atoms with van der Waals surface area (Å²) >= 11 is 0. The number of amides is 2. The van der Waals surface area contributed by atoms with Gasteiger partial charge in [-0.25, -0.2) is 0 Å². The van der Waals surface area contributed by atoms with Crippen molar-refractivity contribution in [3.63, 3.8) is 0 Å². The Hall–Kier alpha value is -1.44. The van der Waals surface area contributed by atoms with Gasteiger partial charge in [-0.2, -0.15) is 0 Å². The SMILES string of the molecule is CCCCCCCP(=O)(O)CNC(=O)[C@H](CC(C)C)NC(=O)CCC(N)C(=O)O. The third-order valence-electron chi connectivity index (χ3n) is 4.47. The number of nitrogens with one attached hydrogen (secondary N) is 2. The van der Waals surface area contributed by atoms with Gasteiger partial charge >= 0.3 is 5.97 Å². The maximum atomic E-state index is 12.4. The number of carbonyl (C=O) groups is 3. The lowest BCUT2D eigenvalue weighted by molar-refractivity contribution is -0.139. The second-order valence-corrected chi connectivity index (χ2v) is 10.4. The van der Waals surface area contributed by atoms with Gasteiger partial charge in [-0.1, -0.05) is 46.5 Å². The number of carboxylic acid groups (broad SMARTS) is 1. The fraction of sp³-hybridized carbons (Fsp3) is 0.842.